The van der Waals surface area contributed by atoms with Crippen LogP contribution >= 0.6 is 0 Å². The first kappa shape index (κ1) is 14.1. The van der Waals surface area contributed by atoms with E-state index in [1.165, 1.54) is 16.1 Å². The molecule has 1 aliphatic carbocycles. The van der Waals surface area contributed by atoms with Gasteiger partial charge in [0, 0.05) is 36.5 Å². The second kappa shape index (κ2) is 6.73. The smallest absolute Gasteiger partial charge is 0.0800 e. The summed E-state index contributed by atoms with van der Waals surface area (Å²) in [5, 5.41) is 2.58. The fourth-order valence-electron chi connectivity index (χ4n) is 2.51. The van der Waals surface area contributed by atoms with Gasteiger partial charge in [0.1, 0.15) is 0 Å². The fourth-order valence-corrected chi connectivity index (χ4v) is 2.51. The van der Waals surface area contributed by atoms with E-state index in [1.54, 1.807) is 0 Å². The largest absolute Gasteiger partial charge is 0.374 e. The molecule has 0 fully saturated rings. The van der Waals surface area contributed by atoms with Crippen molar-refractivity contribution >= 4 is 12.2 Å². The normalized spacial score (nSPS) is 17.7. The van der Waals surface area contributed by atoms with Crippen LogP contribution in [0.4, 0.5) is 0 Å². The average molecular weight is 260 g/mol. The average Bonchev–Trinajstić information content (AvgIpc) is 2.80. The Hall–Kier alpha value is -1.32. The molecule has 0 amide bonds. The number of ether oxygens (including phenoxy) is 1. The van der Waals surface area contributed by atoms with Gasteiger partial charge in [0.25, 0.3) is 0 Å². The molecule has 0 bridgehead atoms. The van der Waals surface area contributed by atoms with E-state index in [-0.39, 0.29) is 6.10 Å². The van der Waals surface area contributed by atoms with Gasteiger partial charge in [0.2, 0.25) is 0 Å². The summed E-state index contributed by atoms with van der Waals surface area (Å²) in [6, 6.07) is 0. The molecule has 1 unspecified atom stereocenters. The molecule has 3 nitrogen and oxygen atoms in total. The SMILES string of the molecule is C=CCN(C)CCc1c[nH]c2c1=CC(OCC)CC=2. The van der Waals surface area contributed by atoms with Gasteiger partial charge in [-0.1, -0.05) is 12.2 Å². The van der Waals surface area contributed by atoms with Gasteiger partial charge < -0.3 is 14.6 Å². The van der Waals surface area contributed by atoms with Gasteiger partial charge in [-0.2, -0.15) is 0 Å². The highest BCUT2D eigenvalue weighted by Crippen LogP contribution is 2.05. The Balaban J connectivity index is 2.10. The Morgan fingerprint density at radius 3 is 3.16 bits per heavy atom. The molecule has 1 aliphatic rings. The molecule has 104 valence electrons. The van der Waals surface area contributed by atoms with Gasteiger partial charge in [-0.05, 0) is 38.5 Å². The molecular weight excluding hydrogens is 236 g/mol. The Labute approximate surface area is 115 Å². The lowest BCUT2D eigenvalue weighted by atomic mass is 10.1. The predicted molar refractivity (Wildman–Crippen MR) is 80.4 cm³/mol. The number of fused-ring (bicyclic) bond motifs is 1. The van der Waals surface area contributed by atoms with Crippen molar-refractivity contribution < 1.29 is 4.74 Å². The Kier molecular flexibility index (Phi) is 5.00. The number of likely N-dealkylation sites (N-methyl/N-ethyl adjacent to an activating group) is 1. The quantitative estimate of drug-likeness (QED) is 0.742. The van der Waals surface area contributed by atoms with Crippen molar-refractivity contribution in [3.05, 3.63) is 35.0 Å². The maximum atomic E-state index is 5.70. The number of nitrogens with zero attached hydrogens (tertiary/aromatic N) is 1. The number of nitrogens with one attached hydrogen (secondary N) is 1. The molecule has 0 aliphatic heterocycles. The van der Waals surface area contributed by atoms with Crippen molar-refractivity contribution in [1.82, 2.24) is 9.88 Å². The van der Waals surface area contributed by atoms with Crippen LogP contribution in [-0.2, 0) is 11.2 Å². The lowest BCUT2D eigenvalue weighted by Gasteiger charge is -2.15. The molecule has 1 heterocycles. The highest BCUT2D eigenvalue weighted by atomic mass is 16.5. The summed E-state index contributed by atoms with van der Waals surface area (Å²) in [5.41, 5.74) is 1.38. The zero-order valence-corrected chi connectivity index (χ0v) is 12.0. The number of H-pyrrole nitrogens is 1. The van der Waals surface area contributed by atoms with Crippen LogP contribution < -0.4 is 10.6 Å². The molecule has 0 radical (unpaired) electrons. The van der Waals surface area contributed by atoms with Crippen molar-refractivity contribution in [3.63, 3.8) is 0 Å². The zero-order valence-electron chi connectivity index (χ0n) is 12.0. The lowest BCUT2D eigenvalue weighted by Crippen LogP contribution is -2.33. The monoisotopic (exact) mass is 260 g/mol. The third-order valence-electron chi connectivity index (χ3n) is 3.53. The lowest BCUT2D eigenvalue weighted by molar-refractivity contribution is 0.110. The summed E-state index contributed by atoms with van der Waals surface area (Å²) >= 11 is 0. The van der Waals surface area contributed by atoms with Crippen LogP contribution in [-0.4, -0.2) is 42.7 Å². The van der Waals surface area contributed by atoms with E-state index in [0.717, 1.165) is 32.5 Å². The maximum Gasteiger partial charge on any atom is 0.0800 e. The van der Waals surface area contributed by atoms with E-state index in [1.807, 2.05) is 13.0 Å². The van der Waals surface area contributed by atoms with Crippen LogP contribution in [0, 0.1) is 0 Å². The van der Waals surface area contributed by atoms with Gasteiger partial charge >= 0.3 is 0 Å². The minimum absolute atomic E-state index is 0.234. The number of aromatic amines is 1. The summed E-state index contributed by atoms with van der Waals surface area (Å²) in [6.45, 7) is 8.57. The third-order valence-corrected chi connectivity index (χ3v) is 3.53. The summed E-state index contributed by atoms with van der Waals surface area (Å²) in [5.74, 6) is 0. The minimum Gasteiger partial charge on any atom is -0.374 e. The number of rotatable bonds is 7. The maximum absolute atomic E-state index is 5.70. The fraction of sp³-hybridized carbons (Fsp3) is 0.500. The molecule has 2 rings (SSSR count). The summed E-state index contributed by atoms with van der Waals surface area (Å²) in [6.07, 6.45) is 10.8. The van der Waals surface area contributed by atoms with E-state index in [2.05, 4.69) is 41.9 Å². The van der Waals surface area contributed by atoms with Crippen LogP contribution in [0.3, 0.4) is 0 Å². The van der Waals surface area contributed by atoms with Gasteiger partial charge in [-0.25, -0.2) is 0 Å². The van der Waals surface area contributed by atoms with Crippen LogP contribution in [0.1, 0.15) is 18.9 Å². The first-order valence-corrected chi connectivity index (χ1v) is 7.04. The van der Waals surface area contributed by atoms with Gasteiger partial charge in [0.15, 0.2) is 0 Å². The number of aromatic nitrogens is 1. The molecule has 1 aromatic rings. The van der Waals surface area contributed by atoms with E-state index >= 15 is 0 Å². The van der Waals surface area contributed by atoms with Gasteiger partial charge in [-0.3, -0.25) is 0 Å². The number of hydrogen-bond acceptors (Lipinski definition) is 2. The Morgan fingerprint density at radius 1 is 1.58 bits per heavy atom. The predicted octanol–water partition coefficient (Wildman–Crippen LogP) is 1.04. The van der Waals surface area contributed by atoms with Crippen LogP contribution in [0.5, 0.6) is 0 Å². The van der Waals surface area contributed by atoms with Crippen molar-refractivity contribution in [1.29, 1.82) is 0 Å². The molecule has 0 saturated carbocycles. The summed E-state index contributed by atoms with van der Waals surface area (Å²) in [7, 11) is 2.12. The van der Waals surface area contributed by atoms with E-state index in [9.17, 15) is 0 Å². The summed E-state index contributed by atoms with van der Waals surface area (Å²) in [4.78, 5) is 5.64. The highest BCUT2D eigenvalue weighted by Gasteiger charge is 2.10. The van der Waals surface area contributed by atoms with Crippen molar-refractivity contribution in [2.45, 2.75) is 25.9 Å². The van der Waals surface area contributed by atoms with Gasteiger partial charge in [-0.15, -0.1) is 6.58 Å². The molecule has 19 heavy (non-hydrogen) atoms. The molecule has 0 saturated heterocycles. The van der Waals surface area contributed by atoms with Crippen molar-refractivity contribution in [3.8, 4) is 0 Å². The van der Waals surface area contributed by atoms with Crippen LogP contribution in [0.25, 0.3) is 12.2 Å². The Bertz CT molecular complexity index is 529. The second-order valence-electron chi connectivity index (χ2n) is 5.04. The van der Waals surface area contributed by atoms with E-state index < -0.39 is 0 Å². The topological polar surface area (TPSA) is 28.3 Å². The van der Waals surface area contributed by atoms with Crippen LogP contribution in [0.15, 0.2) is 18.9 Å². The van der Waals surface area contributed by atoms with Crippen LogP contribution in [0.2, 0.25) is 0 Å². The Morgan fingerprint density at radius 2 is 2.42 bits per heavy atom. The van der Waals surface area contributed by atoms with Crippen molar-refractivity contribution in [2.75, 3.05) is 26.7 Å². The molecule has 0 spiro atoms. The molecule has 1 aromatic heterocycles. The van der Waals surface area contributed by atoms with E-state index in [4.69, 9.17) is 4.74 Å². The van der Waals surface area contributed by atoms with Gasteiger partial charge in [0.05, 0.1) is 6.10 Å². The summed E-state index contributed by atoms with van der Waals surface area (Å²) < 4.78 is 5.70. The zero-order chi connectivity index (χ0) is 13.7. The molecular formula is C16H24N2O. The van der Waals surface area contributed by atoms with E-state index in [0.29, 0.717) is 0 Å². The van der Waals surface area contributed by atoms with Crippen molar-refractivity contribution in [2.24, 2.45) is 0 Å². The first-order valence-electron chi connectivity index (χ1n) is 7.04. The molecule has 3 heteroatoms. The molecule has 1 N–H and O–H groups in total. The standard InChI is InChI=1S/C16H24N2O/c1-4-9-18(3)10-8-13-12-17-16-7-6-14(19-5-2)11-15(13)16/h4,7,11-12,14,17H,1,5-6,8-10H2,2-3H3. The third kappa shape index (κ3) is 3.58. The molecule has 0 aromatic carbocycles. The first-order chi connectivity index (χ1) is 9.24. The minimum atomic E-state index is 0.234. The number of hydrogen-bond donors (Lipinski definition) is 1. The molecule has 1 atom stereocenters. The highest BCUT2D eigenvalue weighted by molar-refractivity contribution is 5.43. The second-order valence-corrected chi connectivity index (χ2v) is 5.04.